The molecule has 2 saturated heterocycles. The van der Waals surface area contributed by atoms with Crippen LogP contribution in [0, 0.1) is 5.41 Å². The minimum atomic E-state index is -4.65. The van der Waals surface area contributed by atoms with Crippen LogP contribution in [0.4, 0.5) is 33.6 Å². The monoisotopic (exact) mass is 482 g/mol. The van der Waals surface area contributed by atoms with Crippen molar-refractivity contribution in [3.63, 3.8) is 0 Å². The van der Waals surface area contributed by atoms with E-state index in [1.807, 2.05) is 4.90 Å². The van der Waals surface area contributed by atoms with Crippen LogP contribution in [-0.4, -0.2) is 61.7 Å². The zero-order valence-electron chi connectivity index (χ0n) is 17.7. The van der Waals surface area contributed by atoms with Gasteiger partial charge in [0.2, 0.25) is 17.7 Å². The lowest BCUT2D eigenvalue weighted by Gasteiger charge is -2.38. The Morgan fingerprint density at radius 2 is 1.74 bits per heavy atom. The molecule has 0 N–H and O–H groups in total. The molecule has 3 aromatic rings. The quantitative estimate of drug-likeness (QED) is 0.528. The smallest absolute Gasteiger partial charge is 0.341 e. The van der Waals surface area contributed by atoms with E-state index >= 15 is 0 Å². The lowest BCUT2D eigenvalue weighted by Crippen LogP contribution is -2.42. The summed E-state index contributed by atoms with van der Waals surface area (Å²) in [5.41, 5.74) is 0.228. The molecule has 1 spiro atoms. The van der Waals surface area contributed by atoms with Gasteiger partial charge in [0.25, 0.3) is 6.43 Å². The zero-order chi connectivity index (χ0) is 24.1. The number of halogens is 5. The maximum absolute atomic E-state index is 12.8. The first-order valence-electron chi connectivity index (χ1n) is 10.5. The van der Waals surface area contributed by atoms with Crippen molar-refractivity contribution < 1.29 is 26.7 Å². The fourth-order valence-electron chi connectivity index (χ4n) is 4.53. The number of piperidine rings is 1. The number of fused-ring (bicyclic) bond motifs is 1. The average molecular weight is 482 g/mol. The maximum atomic E-state index is 12.8. The number of aromatic nitrogens is 6. The summed E-state index contributed by atoms with van der Waals surface area (Å²) in [5, 5.41) is 4.51. The van der Waals surface area contributed by atoms with Crippen LogP contribution in [-0.2, 0) is 17.5 Å². The van der Waals surface area contributed by atoms with E-state index in [1.54, 1.807) is 6.20 Å². The standard InChI is InChI=1S/C20H19F5N8O/c21-14(22)10-33-16-12(7-29-33)6-28-18(30-16)31-3-1-19(2-4-31)5-15(34)32(11-19)13-8-26-17(27-9-13)20(23,24)25/h6-9,14H,1-5,10-11H2. The molecule has 0 saturated carbocycles. The van der Waals surface area contributed by atoms with E-state index in [9.17, 15) is 26.7 Å². The Bertz CT molecular complexity index is 1200. The average Bonchev–Trinajstić information content (AvgIpc) is 3.33. The molecule has 9 nitrogen and oxygen atoms in total. The predicted molar refractivity (Wildman–Crippen MR) is 109 cm³/mol. The highest BCUT2D eigenvalue weighted by atomic mass is 19.4. The van der Waals surface area contributed by atoms with Crippen molar-refractivity contribution in [2.45, 2.75) is 38.4 Å². The summed E-state index contributed by atoms with van der Waals surface area (Å²) >= 11 is 0. The van der Waals surface area contributed by atoms with Crippen molar-refractivity contribution in [3.05, 3.63) is 30.6 Å². The van der Waals surface area contributed by atoms with Crippen LogP contribution in [0.2, 0.25) is 0 Å². The van der Waals surface area contributed by atoms with Gasteiger partial charge in [0.15, 0.2) is 5.65 Å². The SMILES string of the molecule is O=C1CC2(CCN(c3ncc4cnn(CC(F)F)c4n3)CC2)CN1c1cnc(C(F)(F)F)nc1. The predicted octanol–water partition coefficient (Wildman–Crippen LogP) is 2.92. The highest BCUT2D eigenvalue weighted by Gasteiger charge is 2.46. The Morgan fingerprint density at radius 3 is 2.38 bits per heavy atom. The molecule has 0 aromatic carbocycles. The molecular formula is C20H19F5N8O. The van der Waals surface area contributed by atoms with Crippen molar-refractivity contribution in [2.24, 2.45) is 5.41 Å². The van der Waals surface area contributed by atoms with Gasteiger partial charge in [-0.2, -0.15) is 23.3 Å². The normalized spacial score (nSPS) is 18.6. The summed E-state index contributed by atoms with van der Waals surface area (Å²) in [5.74, 6) is -1.04. The Hall–Kier alpha value is -3.45. The van der Waals surface area contributed by atoms with Gasteiger partial charge in [-0.15, -0.1) is 0 Å². The summed E-state index contributed by atoms with van der Waals surface area (Å²) < 4.78 is 64.9. The summed E-state index contributed by atoms with van der Waals surface area (Å²) in [7, 11) is 0. The number of rotatable bonds is 4. The summed E-state index contributed by atoms with van der Waals surface area (Å²) in [4.78, 5) is 31.5. The largest absolute Gasteiger partial charge is 0.451 e. The second-order valence-corrected chi connectivity index (χ2v) is 8.57. The number of carbonyl (C=O) groups excluding carboxylic acids is 1. The minimum absolute atomic E-state index is 0.189. The topological polar surface area (TPSA) is 92.9 Å². The van der Waals surface area contributed by atoms with Crippen LogP contribution >= 0.6 is 0 Å². The van der Waals surface area contributed by atoms with Crippen LogP contribution in [0.1, 0.15) is 25.1 Å². The highest BCUT2D eigenvalue weighted by Crippen LogP contribution is 2.43. The number of carbonyl (C=O) groups is 1. The molecule has 0 atom stereocenters. The molecule has 0 unspecified atom stereocenters. The van der Waals surface area contributed by atoms with Gasteiger partial charge in [-0.25, -0.2) is 28.4 Å². The number of amides is 1. The maximum Gasteiger partial charge on any atom is 0.451 e. The molecule has 14 heteroatoms. The van der Waals surface area contributed by atoms with Crippen LogP contribution in [0.3, 0.4) is 0 Å². The molecule has 0 aliphatic carbocycles. The second kappa shape index (κ2) is 8.09. The Morgan fingerprint density at radius 1 is 1.03 bits per heavy atom. The number of anilines is 2. The van der Waals surface area contributed by atoms with Crippen molar-refractivity contribution in [3.8, 4) is 0 Å². The third-order valence-corrected chi connectivity index (χ3v) is 6.31. The van der Waals surface area contributed by atoms with Gasteiger partial charge >= 0.3 is 6.18 Å². The first kappa shape index (κ1) is 22.3. The highest BCUT2D eigenvalue weighted by molar-refractivity contribution is 5.96. The van der Waals surface area contributed by atoms with Crippen molar-refractivity contribution in [2.75, 3.05) is 29.4 Å². The number of hydrogen-bond donors (Lipinski definition) is 0. The first-order chi connectivity index (χ1) is 16.1. The van der Waals surface area contributed by atoms with E-state index < -0.39 is 25.0 Å². The van der Waals surface area contributed by atoms with Crippen LogP contribution in [0.5, 0.6) is 0 Å². The molecule has 180 valence electrons. The van der Waals surface area contributed by atoms with Crippen molar-refractivity contribution >= 4 is 28.6 Å². The van der Waals surface area contributed by atoms with Gasteiger partial charge in [0.1, 0.15) is 6.54 Å². The fourth-order valence-corrected chi connectivity index (χ4v) is 4.53. The molecule has 2 aliphatic rings. The summed E-state index contributed by atoms with van der Waals surface area (Å²) in [6.45, 7) is 0.877. The van der Waals surface area contributed by atoms with Crippen LogP contribution in [0.15, 0.2) is 24.8 Å². The van der Waals surface area contributed by atoms with Crippen molar-refractivity contribution in [1.82, 2.24) is 29.7 Å². The lowest BCUT2D eigenvalue weighted by atomic mass is 9.77. The molecule has 34 heavy (non-hydrogen) atoms. The van der Waals surface area contributed by atoms with Gasteiger partial charge in [-0.3, -0.25) is 4.79 Å². The van der Waals surface area contributed by atoms with E-state index in [2.05, 4.69) is 25.0 Å². The van der Waals surface area contributed by atoms with Gasteiger partial charge in [0.05, 0.1) is 29.7 Å². The molecule has 0 radical (unpaired) electrons. The van der Waals surface area contributed by atoms with Gasteiger partial charge in [-0.05, 0) is 12.8 Å². The van der Waals surface area contributed by atoms with Gasteiger partial charge in [0, 0.05) is 37.7 Å². The Kier molecular flexibility index (Phi) is 5.32. The van der Waals surface area contributed by atoms with E-state index in [4.69, 9.17) is 0 Å². The van der Waals surface area contributed by atoms with E-state index in [-0.39, 0.29) is 23.4 Å². The second-order valence-electron chi connectivity index (χ2n) is 8.57. The molecule has 2 aliphatic heterocycles. The van der Waals surface area contributed by atoms with E-state index in [0.717, 1.165) is 17.1 Å². The fraction of sp³-hybridized carbons (Fsp3) is 0.500. The molecule has 2 fully saturated rings. The summed E-state index contributed by atoms with van der Waals surface area (Å²) in [6, 6.07) is 0. The molecule has 5 rings (SSSR count). The van der Waals surface area contributed by atoms with Crippen LogP contribution in [0.25, 0.3) is 11.0 Å². The van der Waals surface area contributed by atoms with Gasteiger partial charge < -0.3 is 9.80 Å². The zero-order valence-corrected chi connectivity index (χ0v) is 17.7. The Balaban J connectivity index is 1.28. The number of alkyl halides is 5. The summed E-state index contributed by atoms with van der Waals surface area (Å²) in [6.07, 6.45) is -0.649. The molecule has 0 bridgehead atoms. The Labute approximate surface area is 189 Å². The van der Waals surface area contributed by atoms with Crippen molar-refractivity contribution in [1.29, 1.82) is 0 Å². The third-order valence-electron chi connectivity index (χ3n) is 6.31. The van der Waals surface area contributed by atoms with Crippen LogP contribution < -0.4 is 9.80 Å². The molecule has 3 aromatic heterocycles. The van der Waals surface area contributed by atoms with E-state index in [1.165, 1.54) is 11.1 Å². The molecule has 5 heterocycles. The lowest BCUT2D eigenvalue weighted by molar-refractivity contribution is -0.145. The number of hydrogen-bond acceptors (Lipinski definition) is 7. The first-order valence-corrected chi connectivity index (χ1v) is 10.5. The molecule has 1 amide bonds. The molecular weight excluding hydrogens is 463 g/mol. The van der Waals surface area contributed by atoms with Gasteiger partial charge in [-0.1, -0.05) is 0 Å². The number of nitrogens with zero attached hydrogens (tertiary/aromatic N) is 8. The minimum Gasteiger partial charge on any atom is -0.341 e. The van der Waals surface area contributed by atoms with E-state index in [0.29, 0.717) is 49.5 Å². The third kappa shape index (κ3) is 4.12.